The Balaban J connectivity index is 1.99. The second kappa shape index (κ2) is 5.10. The highest BCUT2D eigenvalue weighted by molar-refractivity contribution is 7.11. The van der Waals surface area contributed by atoms with Gasteiger partial charge in [0, 0.05) is 35.2 Å². The molecule has 1 amide bonds. The highest BCUT2D eigenvalue weighted by Gasteiger charge is 2.36. The van der Waals surface area contributed by atoms with Crippen LogP contribution in [0, 0.1) is 12.8 Å². The molecule has 2 unspecified atom stereocenters. The van der Waals surface area contributed by atoms with Crippen molar-refractivity contribution in [2.24, 2.45) is 5.92 Å². The van der Waals surface area contributed by atoms with Crippen molar-refractivity contribution in [2.45, 2.75) is 32.7 Å². The molecule has 0 spiro atoms. The number of hydrogen-bond donors (Lipinski definition) is 1. The van der Waals surface area contributed by atoms with Crippen LogP contribution in [0.25, 0.3) is 0 Å². The molecular formula is C13H17NO3S. The zero-order valence-electron chi connectivity index (χ0n) is 10.5. The van der Waals surface area contributed by atoms with E-state index in [1.807, 2.05) is 6.92 Å². The minimum absolute atomic E-state index is 0.0387. The van der Waals surface area contributed by atoms with Crippen molar-refractivity contribution in [1.82, 2.24) is 4.90 Å². The van der Waals surface area contributed by atoms with E-state index in [0.717, 1.165) is 6.42 Å². The first kappa shape index (κ1) is 13.1. The van der Waals surface area contributed by atoms with Crippen molar-refractivity contribution in [3.05, 3.63) is 21.9 Å². The molecule has 1 fully saturated rings. The number of carboxylic acid groups (broad SMARTS) is 1. The van der Waals surface area contributed by atoms with E-state index in [4.69, 9.17) is 5.11 Å². The Kier molecular flexibility index (Phi) is 3.71. The molecule has 5 heteroatoms. The number of carbonyl (C=O) groups is 2. The number of likely N-dealkylation sites (tertiary alicyclic amines) is 1. The average Bonchev–Trinajstić information content (AvgIpc) is 2.85. The molecule has 1 aromatic rings. The number of aliphatic carboxylic acids is 1. The smallest absolute Gasteiger partial charge is 0.308 e. The largest absolute Gasteiger partial charge is 0.481 e. The summed E-state index contributed by atoms with van der Waals surface area (Å²) in [5, 5.41) is 8.95. The predicted molar refractivity (Wildman–Crippen MR) is 69.7 cm³/mol. The van der Waals surface area contributed by atoms with Gasteiger partial charge in [0.1, 0.15) is 0 Å². The average molecular weight is 267 g/mol. The third-order valence-corrected chi connectivity index (χ3v) is 4.36. The van der Waals surface area contributed by atoms with Gasteiger partial charge in [0.15, 0.2) is 0 Å². The van der Waals surface area contributed by atoms with Gasteiger partial charge >= 0.3 is 5.97 Å². The summed E-state index contributed by atoms with van der Waals surface area (Å²) in [6.07, 6.45) is 0.944. The lowest BCUT2D eigenvalue weighted by Gasteiger charge is -2.24. The van der Waals surface area contributed by atoms with E-state index >= 15 is 0 Å². The predicted octanol–water partition coefficient (Wildman–Crippen LogP) is 1.92. The van der Waals surface area contributed by atoms with Crippen LogP contribution in [0.5, 0.6) is 0 Å². The first-order chi connectivity index (χ1) is 8.47. The van der Waals surface area contributed by atoms with Crippen molar-refractivity contribution >= 4 is 23.2 Å². The molecule has 1 aliphatic heterocycles. The minimum atomic E-state index is -0.870. The van der Waals surface area contributed by atoms with Crippen LogP contribution in [-0.4, -0.2) is 34.5 Å². The Morgan fingerprint density at radius 1 is 1.61 bits per heavy atom. The monoisotopic (exact) mass is 267 g/mol. The molecule has 0 radical (unpaired) electrons. The molecule has 2 rings (SSSR count). The summed E-state index contributed by atoms with van der Waals surface area (Å²) in [5.74, 6) is -1.45. The lowest BCUT2D eigenvalue weighted by atomic mass is 10.1. The van der Waals surface area contributed by atoms with Crippen LogP contribution in [0.15, 0.2) is 12.1 Å². The summed E-state index contributed by atoms with van der Waals surface area (Å²) < 4.78 is 0. The van der Waals surface area contributed by atoms with Gasteiger partial charge in [-0.3, -0.25) is 9.59 Å². The van der Waals surface area contributed by atoms with Gasteiger partial charge in [-0.2, -0.15) is 0 Å². The molecule has 4 nitrogen and oxygen atoms in total. The second-order valence-corrected chi connectivity index (χ2v) is 6.22. The quantitative estimate of drug-likeness (QED) is 0.906. The van der Waals surface area contributed by atoms with E-state index in [2.05, 4.69) is 19.1 Å². The molecule has 1 aliphatic rings. The molecule has 2 heterocycles. The molecule has 0 bridgehead atoms. The van der Waals surface area contributed by atoms with Crippen LogP contribution >= 0.6 is 11.3 Å². The molecule has 1 N–H and O–H groups in total. The molecule has 0 aromatic carbocycles. The van der Waals surface area contributed by atoms with Crippen molar-refractivity contribution in [3.8, 4) is 0 Å². The van der Waals surface area contributed by atoms with Crippen molar-refractivity contribution < 1.29 is 14.7 Å². The summed E-state index contributed by atoms with van der Waals surface area (Å²) in [6, 6.07) is 4.21. The van der Waals surface area contributed by atoms with Gasteiger partial charge in [0.2, 0.25) is 5.91 Å². The maximum absolute atomic E-state index is 11.8. The second-order valence-electron chi connectivity index (χ2n) is 4.85. The number of thiophene rings is 1. The Labute approximate surface area is 110 Å². The Morgan fingerprint density at radius 2 is 2.33 bits per heavy atom. The fraction of sp³-hybridized carbons (Fsp3) is 0.538. The number of amides is 1. The molecule has 1 aromatic heterocycles. The molecule has 2 atom stereocenters. The third kappa shape index (κ3) is 2.72. The molecule has 1 saturated heterocycles. The first-order valence-corrected chi connectivity index (χ1v) is 6.86. The van der Waals surface area contributed by atoms with Crippen LogP contribution < -0.4 is 0 Å². The topological polar surface area (TPSA) is 57.6 Å². The summed E-state index contributed by atoms with van der Waals surface area (Å²) in [4.78, 5) is 26.9. The molecule has 0 aliphatic carbocycles. The number of rotatable bonds is 4. The van der Waals surface area contributed by atoms with Crippen LogP contribution in [0.3, 0.4) is 0 Å². The number of hydrogen-bond acceptors (Lipinski definition) is 3. The summed E-state index contributed by atoms with van der Waals surface area (Å²) in [7, 11) is 0. The third-order valence-electron chi connectivity index (χ3n) is 3.33. The van der Waals surface area contributed by atoms with Gasteiger partial charge in [-0.05, 0) is 26.0 Å². The van der Waals surface area contributed by atoms with E-state index in [0.29, 0.717) is 6.54 Å². The summed E-state index contributed by atoms with van der Waals surface area (Å²) in [5.41, 5.74) is 0. The van der Waals surface area contributed by atoms with Gasteiger partial charge in [-0.15, -0.1) is 11.3 Å². The van der Waals surface area contributed by atoms with Gasteiger partial charge in [0.25, 0.3) is 0 Å². The van der Waals surface area contributed by atoms with E-state index in [-0.39, 0.29) is 18.4 Å². The molecule has 98 valence electrons. The van der Waals surface area contributed by atoms with Gasteiger partial charge in [0.05, 0.1) is 5.92 Å². The molecular weight excluding hydrogens is 250 g/mol. The fourth-order valence-corrected chi connectivity index (χ4v) is 3.33. The number of nitrogens with zero attached hydrogens (tertiary/aromatic N) is 1. The van der Waals surface area contributed by atoms with Crippen LogP contribution in [0.1, 0.15) is 23.1 Å². The zero-order valence-corrected chi connectivity index (χ0v) is 11.4. The van der Waals surface area contributed by atoms with Gasteiger partial charge in [-0.1, -0.05) is 0 Å². The summed E-state index contributed by atoms with van der Waals surface area (Å²) in [6.45, 7) is 4.39. The number of carbonyl (C=O) groups excluding carboxylic acids is 1. The minimum Gasteiger partial charge on any atom is -0.481 e. The summed E-state index contributed by atoms with van der Waals surface area (Å²) >= 11 is 1.73. The van der Waals surface area contributed by atoms with Crippen LogP contribution in [0.4, 0.5) is 0 Å². The SMILES string of the molecule is Cc1ccc(CC(C)N2CC(C(=O)O)CC2=O)s1. The number of aryl methyl sites for hydroxylation is 1. The van der Waals surface area contributed by atoms with E-state index < -0.39 is 11.9 Å². The Bertz CT molecular complexity index is 469. The first-order valence-electron chi connectivity index (χ1n) is 6.05. The molecule has 0 saturated carbocycles. The normalized spacial score (nSPS) is 21.3. The van der Waals surface area contributed by atoms with Gasteiger partial charge in [-0.25, -0.2) is 0 Å². The van der Waals surface area contributed by atoms with Crippen molar-refractivity contribution in [2.75, 3.05) is 6.54 Å². The zero-order chi connectivity index (χ0) is 13.3. The number of carboxylic acids is 1. The maximum Gasteiger partial charge on any atom is 0.308 e. The highest BCUT2D eigenvalue weighted by Crippen LogP contribution is 2.24. The Morgan fingerprint density at radius 3 is 2.83 bits per heavy atom. The lowest BCUT2D eigenvalue weighted by Crippen LogP contribution is -2.36. The van der Waals surface area contributed by atoms with E-state index in [1.54, 1.807) is 16.2 Å². The van der Waals surface area contributed by atoms with Crippen LogP contribution in [-0.2, 0) is 16.0 Å². The maximum atomic E-state index is 11.8. The van der Waals surface area contributed by atoms with Gasteiger partial charge < -0.3 is 10.0 Å². The van der Waals surface area contributed by atoms with E-state index in [1.165, 1.54) is 9.75 Å². The van der Waals surface area contributed by atoms with Crippen molar-refractivity contribution in [3.63, 3.8) is 0 Å². The Hall–Kier alpha value is -1.36. The fourth-order valence-electron chi connectivity index (χ4n) is 2.32. The molecule has 18 heavy (non-hydrogen) atoms. The highest BCUT2D eigenvalue weighted by atomic mass is 32.1. The van der Waals surface area contributed by atoms with Crippen molar-refractivity contribution in [1.29, 1.82) is 0 Å². The standard InChI is InChI=1S/C13H17NO3S/c1-8(5-11-4-3-9(2)18-11)14-7-10(13(16)17)6-12(14)15/h3-4,8,10H,5-7H2,1-2H3,(H,16,17). The lowest BCUT2D eigenvalue weighted by molar-refractivity contribution is -0.141. The van der Waals surface area contributed by atoms with Crippen LogP contribution in [0.2, 0.25) is 0 Å². The van der Waals surface area contributed by atoms with E-state index in [9.17, 15) is 9.59 Å².